The number of methoxy groups -OCH3 is 1. The molecular formula is C27H39N4O7S2+. The molecule has 1 fully saturated rings. The van der Waals surface area contributed by atoms with Gasteiger partial charge in [0.15, 0.2) is 13.1 Å². The Balaban J connectivity index is 1.79. The number of aryl methyl sites for hydroxylation is 2. The van der Waals surface area contributed by atoms with Crippen molar-refractivity contribution in [2.24, 2.45) is 0 Å². The summed E-state index contributed by atoms with van der Waals surface area (Å²) in [5, 5.41) is 28.1. The monoisotopic (exact) mass is 595 g/mol. The number of esters is 1. The summed E-state index contributed by atoms with van der Waals surface area (Å²) in [6.07, 6.45) is 3.80. The fourth-order valence-electron chi connectivity index (χ4n) is 5.00. The van der Waals surface area contributed by atoms with Gasteiger partial charge < -0.3 is 35.0 Å². The first-order valence-corrected chi connectivity index (χ1v) is 15.1. The fraction of sp³-hybridized carbons (Fsp3) is 0.556. The van der Waals surface area contributed by atoms with Crippen LogP contribution in [0, 0.1) is 13.8 Å². The Hall–Kier alpha value is -2.84. The Labute approximate surface area is 242 Å². The molecule has 11 nitrogen and oxygen atoms in total. The number of rotatable bonds is 12. The van der Waals surface area contributed by atoms with Gasteiger partial charge in [-0.15, -0.1) is 22.7 Å². The van der Waals surface area contributed by atoms with Crippen LogP contribution in [0.3, 0.4) is 0 Å². The molecule has 0 unspecified atom stereocenters. The molecule has 0 spiro atoms. The molecule has 1 aliphatic heterocycles. The van der Waals surface area contributed by atoms with E-state index in [4.69, 9.17) is 4.74 Å². The number of ether oxygens (including phenoxy) is 1. The van der Waals surface area contributed by atoms with Crippen LogP contribution in [0.5, 0.6) is 0 Å². The number of quaternary nitrogens is 1. The van der Waals surface area contributed by atoms with Crippen LogP contribution in [0.2, 0.25) is 0 Å². The van der Waals surface area contributed by atoms with E-state index in [1.165, 1.54) is 34.7 Å². The Morgan fingerprint density at radius 1 is 0.850 bits per heavy atom. The van der Waals surface area contributed by atoms with Gasteiger partial charge in [-0.05, 0) is 61.4 Å². The summed E-state index contributed by atoms with van der Waals surface area (Å²) >= 11 is 2.41. The molecule has 2 aromatic rings. The molecule has 4 N–H and O–H groups in total. The van der Waals surface area contributed by atoms with Gasteiger partial charge in [0, 0.05) is 13.1 Å². The number of hydrogen-bond acceptors (Lipinski definition) is 9. The lowest BCUT2D eigenvalue weighted by Gasteiger charge is -2.36. The van der Waals surface area contributed by atoms with Crippen molar-refractivity contribution in [3.8, 4) is 0 Å². The van der Waals surface area contributed by atoms with Crippen LogP contribution in [0.25, 0.3) is 0 Å². The third-order valence-corrected chi connectivity index (χ3v) is 9.21. The van der Waals surface area contributed by atoms with Crippen molar-refractivity contribution in [1.82, 2.24) is 4.90 Å². The average molecular weight is 596 g/mol. The second-order valence-corrected chi connectivity index (χ2v) is 11.9. The van der Waals surface area contributed by atoms with Crippen LogP contribution in [0.1, 0.15) is 56.2 Å². The minimum absolute atomic E-state index is 0.0554. The largest absolute Gasteiger partial charge is 0.465 e. The molecule has 3 amide bonds. The third-order valence-electron chi connectivity index (χ3n) is 7.04. The number of nitrogens with zero attached hydrogens (tertiary/aromatic N) is 2. The number of amides is 3. The Bertz CT molecular complexity index is 1200. The predicted octanol–water partition coefficient (Wildman–Crippen LogP) is 2.61. The Morgan fingerprint density at radius 2 is 1.32 bits per heavy atom. The molecule has 0 aliphatic carbocycles. The first kappa shape index (κ1) is 31.7. The number of likely N-dealkylation sites (tertiary alicyclic amines) is 1. The second-order valence-electron chi connectivity index (χ2n) is 10.1. The molecule has 1 saturated heterocycles. The molecule has 3 rings (SSSR count). The highest BCUT2D eigenvalue weighted by Gasteiger charge is 2.35. The number of carbonyl (C=O) groups excluding carboxylic acids is 4. The summed E-state index contributed by atoms with van der Waals surface area (Å²) in [7, 11) is 1.30. The minimum atomic E-state index is -0.514. The molecular weight excluding hydrogens is 556 g/mol. The van der Waals surface area contributed by atoms with Crippen LogP contribution < -0.4 is 10.6 Å². The van der Waals surface area contributed by atoms with Crippen LogP contribution in [0.15, 0.2) is 10.8 Å². The molecule has 1 aliphatic rings. The van der Waals surface area contributed by atoms with Gasteiger partial charge >= 0.3 is 5.97 Å². The van der Waals surface area contributed by atoms with Crippen molar-refractivity contribution < 1.29 is 38.6 Å². The molecule has 0 bridgehead atoms. The van der Waals surface area contributed by atoms with E-state index in [2.05, 4.69) is 10.6 Å². The Morgan fingerprint density at radius 3 is 1.80 bits per heavy atom. The third kappa shape index (κ3) is 7.88. The maximum absolute atomic E-state index is 13.5. The lowest BCUT2D eigenvalue weighted by Crippen LogP contribution is -2.56. The van der Waals surface area contributed by atoms with E-state index in [1.54, 1.807) is 17.7 Å². The summed E-state index contributed by atoms with van der Waals surface area (Å²) in [4.78, 5) is 54.1. The normalized spacial score (nSPS) is 14.7. The molecule has 0 atom stereocenters. The lowest BCUT2D eigenvalue weighted by atomic mass is 10.2. The van der Waals surface area contributed by atoms with Gasteiger partial charge in [-0.2, -0.15) is 0 Å². The van der Waals surface area contributed by atoms with Gasteiger partial charge in [-0.3, -0.25) is 14.4 Å². The summed E-state index contributed by atoms with van der Waals surface area (Å²) in [6, 6.07) is 0. The highest BCUT2D eigenvalue weighted by molar-refractivity contribution is 7.13. The zero-order chi connectivity index (χ0) is 29.3. The van der Waals surface area contributed by atoms with Gasteiger partial charge in [0.2, 0.25) is 0 Å². The van der Waals surface area contributed by atoms with Crippen molar-refractivity contribution in [3.63, 3.8) is 0 Å². The van der Waals surface area contributed by atoms with Crippen molar-refractivity contribution >= 4 is 57.7 Å². The average Bonchev–Trinajstić information content (AvgIpc) is 3.36. The van der Waals surface area contributed by atoms with Crippen molar-refractivity contribution in [2.45, 2.75) is 39.5 Å². The van der Waals surface area contributed by atoms with E-state index in [0.29, 0.717) is 34.2 Å². The zero-order valence-electron chi connectivity index (χ0n) is 23.3. The first-order valence-electron chi connectivity index (χ1n) is 13.3. The lowest BCUT2D eigenvalue weighted by molar-refractivity contribution is -0.912. The number of anilines is 2. The molecule has 0 saturated carbocycles. The topological polar surface area (TPSA) is 145 Å². The molecule has 0 aromatic carbocycles. The van der Waals surface area contributed by atoms with Crippen molar-refractivity contribution in [2.75, 3.05) is 70.2 Å². The van der Waals surface area contributed by atoms with Crippen LogP contribution in [0.4, 0.5) is 11.4 Å². The van der Waals surface area contributed by atoms with Crippen molar-refractivity contribution in [1.29, 1.82) is 0 Å². The second kappa shape index (κ2) is 14.7. The molecule has 220 valence electrons. The summed E-state index contributed by atoms with van der Waals surface area (Å²) < 4.78 is 5.12. The van der Waals surface area contributed by atoms with Crippen LogP contribution in [-0.2, 0) is 14.3 Å². The van der Waals surface area contributed by atoms with Gasteiger partial charge in [0.25, 0.3) is 17.7 Å². The maximum atomic E-state index is 13.5. The summed E-state index contributed by atoms with van der Waals surface area (Å²) in [6.45, 7) is 4.70. The number of aliphatic hydroxyl groups is 2. The quantitative estimate of drug-likeness (QED) is 0.218. The number of aliphatic hydroxyl groups excluding tert-OH is 2. The summed E-state index contributed by atoms with van der Waals surface area (Å²) in [5.74, 6) is -1.47. The van der Waals surface area contributed by atoms with Crippen molar-refractivity contribution in [3.05, 3.63) is 31.6 Å². The predicted molar refractivity (Wildman–Crippen MR) is 155 cm³/mol. The molecule has 40 heavy (non-hydrogen) atoms. The molecule has 3 heterocycles. The van der Waals surface area contributed by atoms with Gasteiger partial charge in [-0.25, -0.2) is 4.79 Å². The van der Waals surface area contributed by atoms with E-state index >= 15 is 0 Å². The zero-order valence-corrected chi connectivity index (χ0v) is 24.9. The summed E-state index contributed by atoms with van der Waals surface area (Å²) in [5.41, 5.74) is 2.35. The van der Waals surface area contributed by atoms with Gasteiger partial charge in [0.05, 0.1) is 44.8 Å². The van der Waals surface area contributed by atoms with Gasteiger partial charge in [0.1, 0.15) is 9.75 Å². The first-order chi connectivity index (χ1) is 19.1. The minimum Gasteiger partial charge on any atom is -0.465 e. The van der Waals surface area contributed by atoms with Crippen LogP contribution in [-0.4, -0.2) is 103 Å². The Kier molecular flexibility index (Phi) is 11.6. The maximum Gasteiger partial charge on any atom is 0.350 e. The SMILES string of the molecule is COC(=O)c1scc(C)c1NC(=O)C[N+]1(CC(=O)Nc2c(C)csc2C(=O)N(CCO)CCO)CCCCCC1. The fourth-order valence-corrected chi connectivity index (χ4v) is 6.89. The number of nitrogens with one attached hydrogen (secondary N) is 2. The number of hydrogen-bond donors (Lipinski definition) is 4. The molecule has 0 radical (unpaired) electrons. The molecule has 2 aromatic heterocycles. The highest BCUT2D eigenvalue weighted by Crippen LogP contribution is 2.31. The van der Waals surface area contributed by atoms with E-state index in [1.807, 2.05) is 6.92 Å². The van der Waals surface area contributed by atoms with E-state index < -0.39 is 5.97 Å². The van der Waals surface area contributed by atoms with E-state index in [-0.39, 0.29) is 61.6 Å². The van der Waals surface area contributed by atoms with Crippen LogP contribution >= 0.6 is 22.7 Å². The number of thiophene rings is 2. The standard InChI is InChI=1S/C27H38N4O7S2/c1-18-16-39-24(26(36)30(8-12-32)9-13-33)22(18)28-20(34)14-31(10-6-4-5-7-11-31)15-21(35)29-23-19(2)17-40-25(23)27(37)38-3/h16-17,32-33H,4-15H2,1-3H3,(H-,28,29,34,35,36,37)/p+1. The van der Waals surface area contributed by atoms with E-state index in [0.717, 1.165) is 36.8 Å². The highest BCUT2D eigenvalue weighted by atomic mass is 32.1. The smallest absolute Gasteiger partial charge is 0.350 e. The number of carbonyl (C=O) groups is 4. The van der Waals surface area contributed by atoms with Gasteiger partial charge in [-0.1, -0.05) is 0 Å². The van der Waals surface area contributed by atoms with E-state index in [9.17, 15) is 29.4 Å². The molecule has 13 heteroatoms.